The number of aliphatic carboxylic acids is 2. The van der Waals surface area contributed by atoms with E-state index < -0.39 is 36.5 Å². The van der Waals surface area contributed by atoms with Crippen molar-refractivity contribution in [2.75, 3.05) is 19.7 Å². The maximum Gasteiger partial charge on any atom is 0.326 e. The van der Waals surface area contributed by atoms with E-state index in [1.54, 1.807) is 6.92 Å². The second-order valence-corrected chi connectivity index (χ2v) is 4.59. The van der Waals surface area contributed by atoms with Gasteiger partial charge in [0.2, 0.25) is 0 Å². The Morgan fingerprint density at radius 1 is 1.35 bits per heavy atom. The molecule has 0 aromatic carbocycles. The third-order valence-corrected chi connectivity index (χ3v) is 2.79. The number of morpholine rings is 1. The van der Waals surface area contributed by atoms with E-state index in [0.29, 0.717) is 0 Å². The number of carbonyl (C=O) groups excluding carboxylic acids is 1. The number of aliphatic hydroxyl groups is 1. The van der Waals surface area contributed by atoms with Crippen LogP contribution in [0.25, 0.3) is 0 Å². The van der Waals surface area contributed by atoms with Gasteiger partial charge in [0.1, 0.15) is 6.04 Å². The van der Waals surface area contributed by atoms with Crippen molar-refractivity contribution >= 4 is 18.0 Å². The Hall–Kier alpha value is -1.87. The summed E-state index contributed by atoms with van der Waals surface area (Å²) in [7, 11) is 0. The monoisotopic (exact) mass is 290 g/mol. The van der Waals surface area contributed by atoms with E-state index in [-0.39, 0.29) is 25.8 Å². The zero-order chi connectivity index (χ0) is 15.3. The lowest BCUT2D eigenvalue weighted by molar-refractivity contribution is -0.145. The van der Waals surface area contributed by atoms with Gasteiger partial charge in [-0.1, -0.05) is 0 Å². The number of hydrogen-bond donors (Lipinski definition) is 4. The lowest BCUT2D eigenvalue weighted by Crippen LogP contribution is -2.56. The van der Waals surface area contributed by atoms with Gasteiger partial charge in [-0.3, -0.25) is 4.79 Å². The molecule has 0 bridgehead atoms. The van der Waals surface area contributed by atoms with Crippen LogP contribution in [0.15, 0.2) is 0 Å². The average Bonchev–Trinajstić information content (AvgIpc) is 2.36. The molecular formula is C11H18N2O7. The molecule has 114 valence electrons. The summed E-state index contributed by atoms with van der Waals surface area (Å²) in [5.74, 6) is -2.73. The Balaban J connectivity index is 2.63. The molecule has 20 heavy (non-hydrogen) atoms. The van der Waals surface area contributed by atoms with Crippen molar-refractivity contribution in [3.63, 3.8) is 0 Å². The van der Waals surface area contributed by atoms with Gasteiger partial charge in [0.25, 0.3) is 0 Å². The van der Waals surface area contributed by atoms with Crippen molar-refractivity contribution < 1.29 is 34.4 Å². The van der Waals surface area contributed by atoms with E-state index in [0.717, 1.165) is 0 Å². The van der Waals surface area contributed by atoms with Crippen LogP contribution in [0.5, 0.6) is 0 Å². The van der Waals surface area contributed by atoms with Crippen molar-refractivity contribution in [2.24, 2.45) is 0 Å². The first-order chi connectivity index (χ1) is 9.33. The third-order valence-electron chi connectivity index (χ3n) is 2.79. The highest BCUT2D eigenvalue weighted by atomic mass is 16.5. The van der Waals surface area contributed by atoms with Crippen LogP contribution >= 0.6 is 0 Å². The minimum atomic E-state index is -1.49. The van der Waals surface area contributed by atoms with Crippen molar-refractivity contribution in [3.05, 3.63) is 0 Å². The highest BCUT2D eigenvalue weighted by Crippen LogP contribution is 2.11. The van der Waals surface area contributed by atoms with Gasteiger partial charge in [0.15, 0.2) is 0 Å². The summed E-state index contributed by atoms with van der Waals surface area (Å²) >= 11 is 0. The standard InChI is InChI=1S/C11H18N2O7/c1-6-3-13(4-7(5-14)20-6)11(19)12-8(10(17)18)2-9(15)16/h6-8,14H,2-5H2,1H3,(H,12,19)(H,15,16)(H,17,18)/t6?,7?,8-/m0/s1. The van der Waals surface area contributed by atoms with Crippen LogP contribution in [0, 0.1) is 0 Å². The fraction of sp³-hybridized carbons (Fsp3) is 0.727. The molecule has 4 N–H and O–H groups in total. The van der Waals surface area contributed by atoms with Gasteiger partial charge in [-0.2, -0.15) is 0 Å². The molecule has 0 saturated carbocycles. The summed E-state index contributed by atoms with van der Waals surface area (Å²) in [6, 6.07) is -2.18. The number of nitrogens with zero attached hydrogens (tertiary/aromatic N) is 1. The number of amides is 2. The summed E-state index contributed by atoms with van der Waals surface area (Å²) < 4.78 is 5.35. The molecule has 0 radical (unpaired) electrons. The van der Waals surface area contributed by atoms with Crippen LogP contribution in [-0.2, 0) is 14.3 Å². The summed E-state index contributed by atoms with van der Waals surface area (Å²) in [5.41, 5.74) is 0. The summed E-state index contributed by atoms with van der Waals surface area (Å²) in [5, 5.41) is 28.6. The fourth-order valence-corrected chi connectivity index (χ4v) is 1.93. The zero-order valence-corrected chi connectivity index (χ0v) is 11.0. The van der Waals surface area contributed by atoms with Crippen LogP contribution in [0.3, 0.4) is 0 Å². The number of rotatable bonds is 5. The van der Waals surface area contributed by atoms with Gasteiger partial charge < -0.3 is 30.3 Å². The van der Waals surface area contributed by atoms with Crippen LogP contribution in [0.4, 0.5) is 4.79 Å². The Morgan fingerprint density at radius 2 is 2.00 bits per heavy atom. The first kappa shape index (κ1) is 16.2. The molecule has 2 unspecified atom stereocenters. The van der Waals surface area contributed by atoms with Crippen LogP contribution in [0.2, 0.25) is 0 Å². The molecule has 2 amide bonds. The molecule has 1 saturated heterocycles. The molecule has 1 fully saturated rings. The number of urea groups is 1. The van der Waals surface area contributed by atoms with Gasteiger partial charge in [-0.05, 0) is 6.92 Å². The largest absolute Gasteiger partial charge is 0.481 e. The Labute approximate surface area is 115 Å². The molecule has 1 heterocycles. The minimum absolute atomic E-state index is 0.117. The van der Waals surface area contributed by atoms with E-state index in [1.807, 2.05) is 0 Å². The summed E-state index contributed by atoms with van der Waals surface area (Å²) in [6.45, 7) is 1.81. The average molecular weight is 290 g/mol. The summed E-state index contributed by atoms with van der Waals surface area (Å²) in [6.07, 6.45) is -1.54. The first-order valence-electron chi connectivity index (χ1n) is 6.09. The summed E-state index contributed by atoms with van der Waals surface area (Å²) in [4.78, 5) is 34.6. The van der Waals surface area contributed by atoms with Gasteiger partial charge in [0, 0.05) is 6.54 Å². The topological polar surface area (TPSA) is 136 Å². The highest BCUT2D eigenvalue weighted by Gasteiger charge is 2.31. The smallest absolute Gasteiger partial charge is 0.326 e. The molecule has 0 spiro atoms. The highest BCUT2D eigenvalue weighted by molar-refractivity contribution is 5.86. The second-order valence-electron chi connectivity index (χ2n) is 4.59. The van der Waals surface area contributed by atoms with Gasteiger partial charge in [-0.15, -0.1) is 0 Å². The SMILES string of the molecule is CC1CN(C(=O)N[C@@H](CC(=O)O)C(=O)O)CC(CO)O1. The number of carboxylic acid groups (broad SMARTS) is 2. The molecule has 0 aromatic heterocycles. The van der Waals surface area contributed by atoms with Crippen LogP contribution in [0.1, 0.15) is 13.3 Å². The van der Waals surface area contributed by atoms with Gasteiger partial charge >= 0.3 is 18.0 Å². The van der Waals surface area contributed by atoms with Crippen LogP contribution in [-0.4, -0.2) is 76.1 Å². The quantitative estimate of drug-likeness (QED) is 0.494. The number of nitrogens with one attached hydrogen (secondary N) is 1. The lowest BCUT2D eigenvalue weighted by Gasteiger charge is -2.36. The maximum absolute atomic E-state index is 11.9. The minimum Gasteiger partial charge on any atom is -0.481 e. The molecule has 1 aliphatic heterocycles. The number of hydrogen-bond acceptors (Lipinski definition) is 5. The predicted octanol–water partition coefficient (Wildman–Crippen LogP) is -1.29. The number of aliphatic hydroxyl groups excluding tert-OH is 1. The van der Waals surface area contributed by atoms with Gasteiger partial charge in [0.05, 0.1) is 31.8 Å². The molecule has 9 nitrogen and oxygen atoms in total. The van der Waals surface area contributed by atoms with Crippen molar-refractivity contribution in [1.29, 1.82) is 0 Å². The molecule has 1 aliphatic rings. The van der Waals surface area contributed by atoms with E-state index in [9.17, 15) is 14.4 Å². The number of carboxylic acids is 2. The Kier molecular flexibility index (Phi) is 5.71. The van der Waals surface area contributed by atoms with Crippen molar-refractivity contribution in [2.45, 2.75) is 31.6 Å². The van der Waals surface area contributed by atoms with E-state index in [1.165, 1.54) is 4.90 Å². The van der Waals surface area contributed by atoms with Crippen LogP contribution < -0.4 is 5.32 Å². The van der Waals surface area contributed by atoms with Crippen molar-refractivity contribution in [3.8, 4) is 0 Å². The molecule has 3 atom stereocenters. The van der Waals surface area contributed by atoms with E-state index >= 15 is 0 Å². The molecular weight excluding hydrogens is 272 g/mol. The second kappa shape index (κ2) is 7.06. The lowest BCUT2D eigenvalue weighted by atomic mass is 10.2. The zero-order valence-electron chi connectivity index (χ0n) is 11.0. The first-order valence-corrected chi connectivity index (χ1v) is 6.09. The van der Waals surface area contributed by atoms with Crippen molar-refractivity contribution in [1.82, 2.24) is 10.2 Å². The predicted molar refractivity (Wildman–Crippen MR) is 65.2 cm³/mol. The number of ether oxygens (including phenoxy) is 1. The Morgan fingerprint density at radius 3 is 2.50 bits per heavy atom. The maximum atomic E-state index is 11.9. The molecule has 9 heteroatoms. The van der Waals surface area contributed by atoms with E-state index in [2.05, 4.69) is 5.32 Å². The number of carbonyl (C=O) groups is 3. The normalized spacial score (nSPS) is 24.0. The molecule has 0 aromatic rings. The molecule has 1 rings (SSSR count). The Bertz CT molecular complexity index is 387. The van der Waals surface area contributed by atoms with E-state index in [4.69, 9.17) is 20.1 Å². The molecule has 0 aliphatic carbocycles. The fourth-order valence-electron chi connectivity index (χ4n) is 1.93. The third kappa shape index (κ3) is 4.67. The van der Waals surface area contributed by atoms with Gasteiger partial charge in [-0.25, -0.2) is 9.59 Å².